The third-order valence-corrected chi connectivity index (χ3v) is 5.78. The Hall–Kier alpha value is -4.10. The van der Waals surface area contributed by atoms with Crippen LogP contribution in [0.1, 0.15) is 16.8 Å². The van der Waals surface area contributed by atoms with Crippen LogP contribution < -0.4 is 4.74 Å². The van der Waals surface area contributed by atoms with E-state index >= 15 is 0 Å². The molecule has 0 aliphatic rings. The highest BCUT2D eigenvalue weighted by atomic mass is 19.1. The minimum absolute atomic E-state index is 0.258. The number of benzene rings is 2. The molecule has 0 bridgehead atoms. The predicted molar refractivity (Wildman–Crippen MR) is 133 cm³/mol. The van der Waals surface area contributed by atoms with Crippen molar-refractivity contribution in [1.29, 1.82) is 0 Å². The molecule has 0 radical (unpaired) electrons. The molecule has 5 aromatic rings. The number of fused-ring (bicyclic) bond motifs is 1. The van der Waals surface area contributed by atoms with Gasteiger partial charge in [-0.3, -0.25) is 9.67 Å². The molecule has 7 heteroatoms. The Balaban J connectivity index is 1.34. The number of aryl methyl sites for hydroxylation is 2. The number of rotatable bonds is 7. The lowest BCUT2D eigenvalue weighted by atomic mass is 10.0. The molecule has 0 saturated carbocycles. The zero-order chi connectivity index (χ0) is 24.4. The van der Waals surface area contributed by atoms with Gasteiger partial charge in [-0.1, -0.05) is 24.3 Å². The largest absolute Gasteiger partial charge is 0.471 e. The van der Waals surface area contributed by atoms with Crippen LogP contribution in [0.2, 0.25) is 0 Å². The van der Waals surface area contributed by atoms with Crippen molar-refractivity contribution in [1.82, 2.24) is 19.7 Å². The summed E-state index contributed by atoms with van der Waals surface area (Å²) in [6.07, 6.45) is 3.70. The van der Waals surface area contributed by atoms with Crippen LogP contribution >= 0.6 is 0 Å². The third-order valence-electron chi connectivity index (χ3n) is 5.78. The first-order chi connectivity index (χ1) is 17.0. The molecule has 35 heavy (non-hydrogen) atoms. The van der Waals surface area contributed by atoms with E-state index in [4.69, 9.17) is 14.5 Å². The van der Waals surface area contributed by atoms with E-state index in [-0.39, 0.29) is 5.82 Å². The summed E-state index contributed by atoms with van der Waals surface area (Å²) in [6.45, 7) is 2.81. The first-order valence-electron chi connectivity index (χ1n) is 11.3. The number of methoxy groups -OCH3 is 1. The molecular formula is C28H25FN4O2. The summed E-state index contributed by atoms with van der Waals surface area (Å²) < 4.78 is 26.6. The smallest absolute Gasteiger partial charge is 0.241 e. The molecule has 6 nitrogen and oxygen atoms in total. The maximum absolute atomic E-state index is 13.5. The van der Waals surface area contributed by atoms with E-state index in [0.717, 1.165) is 50.1 Å². The number of aromatic nitrogens is 4. The molecule has 0 spiro atoms. The summed E-state index contributed by atoms with van der Waals surface area (Å²) in [5.74, 6) is 0.302. The Morgan fingerprint density at radius 2 is 1.77 bits per heavy atom. The average Bonchev–Trinajstić information content (AvgIpc) is 3.23. The number of pyridine rings is 2. The molecule has 0 N–H and O–H groups in total. The van der Waals surface area contributed by atoms with E-state index in [0.29, 0.717) is 19.1 Å². The van der Waals surface area contributed by atoms with Gasteiger partial charge in [-0.05, 0) is 60.0 Å². The van der Waals surface area contributed by atoms with Crippen molar-refractivity contribution in [2.75, 3.05) is 7.11 Å². The van der Waals surface area contributed by atoms with Crippen LogP contribution in [0.5, 0.6) is 5.88 Å². The van der Waals surface area contributed by atoms with Crippen molar-refractivity contribution in [3.63, 3.8) is 0 Å². The molecule has 0 amide bonds. The van der Waals surface area contributed by atoms with Gasteiger partial charge in [0.25, 0.3) is 0 Å². The van der Waals surface area contributed by atoms with Crippen molar-refractivity contribution in [3.05, 3.63) is 95.7 Å². The monoisotopic (exact) mass is 468 g/mol. The second-order valence-corrected chi connectivity index (χ2v) is 8.47. The van der Waals surface area contributed by atoms with E-state index in [1.54, 1.807) is 24.1 Å². The molecular weight excluding hydrogens is 443 g/mol. The molecule has 0 unspecified atom stereocenters. The lowest BCUT2D eigenvalue weighted by Gasteiger charge is -2.10. The molecule has 2 aromatic carbocycles. The van der Waals surface area contributed by atoms with Gasteiger partial charge in [-0.25, -0.2) is 9.37 Å². The molecule has 0 fully saturated rings. The number of hydrogen-bond acceptors (Lipinski definition) is 5. The predicted octanol–water partition coefficient (Wildman–Crippen LogP) is 5.87. The van der Waals surface area contributed by atoms with Gasteiger partial charge in [-0.2, -0.15) is 0 Å². The molecule has 3 heterocycles. The van der Waals surface area contributed by atoms with E-state index in [1.165, 1.54) is 12.1 Å². The van der Waals surface area contributed by atoms with Gasteiger partial charge in [-0.15, -0.1) is 5.10 Å². The summed E-state index contributed by atoms with van der Waals surface area (Å²) in [7, 11) is 3.52. The molecule has 176 valence electrons. The highest BCUT2D eigenvalue weighted by Gasteiger charge is 2.13. The van der Waals surface area contributed by atoms with Crippen LogP contribution in [-0.4, -0.2) is 26.9 Å². The van der Waals surface area contributed by atoms with E-state index in [1.807, 2.05) is 62.6 Å². The number of hydrogen-bond donors (Lipinski definition) is 0. The summed E-state index contributed by atoms with van der Waals surface area (Å²) in [5.41, 5.74) is 7.38. The van der Waals surface area contributed by atoms with Crippen LogP contribution in [0, 0.1) is 12.7 Å². The summed E-state index contributed by atoms with van der Waals surface area (Å²) in [5, 5.41) is 5.29. The van der Waals surface area contributed by atoms with E-state index in [2.05, 4.69) is 10.1 Å². The normalized spacial score (nSPS) is 11.2. The Bertz CT molecular complexity index is 1500. The van der Waals surface area contributed by atoms with Crippen LogP contribution in [0.4, 0.5) is 4.39 Å². The lowest BCUT2D eigenvalue weighted by Crippen LogP contribution is -1.99. The fourth-order valence-corrected chi connectivity index (χ4v) is 4.10. The minimum Gasteiger partial charge on any atom is -0.471 e. The third kappa shape index (κ3) is 4.90. The van der Waals surface area contributed by atoms with Crippen molar-refractivity contribution in [2.24, 2.45) is 7.05 Å². The first kappa shape index (κ1) is 22.7. The van der Waals surface area contributed by atoms with Gasteiger partial charge in [0.15, 0.2) is 0 Å². The van der Waals surface area contributed by atoms with Gasteiger partial charge in [0.05, 0.1) is 29.1 Å². The van der Waals surface area contributed by atoms with Crippen molar-refractivity contribution >= 4 is 10.9 Å². The number of halogens is 1. The summed E-state index contributed by atoms with van der Waals surface area (Å²) in [4.78, 5) is 9.08. The average molecular weight is 469 g/mol. The number of ether oxygens (including phenoxy) is 2. The quantitative estimate of drug-likeness (QED) is 0.299. The van der Waals surface area contributed by atoms with Crippen LogP contribution in [-0.2, 0) is 25.0 Å². The second kappa shape index (κ2) is 9.64. The maximum atomic E-state index is 13.5. The van der Waals surface area contributed by atoms with Crippen molar-refractivity contribution in [3.8, 4) is 28.3 Å². The van der Waals surface area contributed by atoms with E-state index in [9.17, 15) is 4.39 Å². The second-order valence-electron chi connectivity index (χ2n) is 8.47. The zero-order valence-electron chi connectivity index (χ0n) is 19.8. The highest BCUT2D eigenvalue weighted by molar-refractivity contribution is 5.83. The van der Waals surface area contributed by atoms with Crippen LogP contribution in [0.15, 0.2) is 73.1 Å². The first-order valence-corrected chi connectivity index (χ1v) is 11.3. The summed E-state index contributed by atoms with van der Waals surface area (Å²) in [6, 6.07) is 18.7. The standard InChI is InChI=1S/C28H25FN4O2/c1-18-12-22-13-23(29)8-9-26(22)31-27(18)20-6-4-19(5-7-20)16-35-28-25(15-33(2)32-28)21-10-11-30-24(14-21)17-34-3/h4-15H,16-17H2,1-3H3. The highest BCUT2D eigenvalue weighted by Crippen LogP contribution is 2.30. The molecule has 3 aromatic heterocycles. The minimum atomic E-state index is -0.258. The fourth-order valence-electron chi connectivity index (χ4n) is 4.10. The van der Waals surface area contributed by atoms with Crippen LogP contribution in [0.3, 0.4) is 0 Å². The van der Waals surface area contributed by atoms with Gasteiger partial charge in [0, 0.05) is 37.5 Å². The molecule has 0 atom stereocenters. The summed E-state index contributed by atoms with van der Waals surface area (Å²) >= 11 is 0. The topological polar surface area (TPSA) is 62.1 Å². The van der Waals surface area contributed by atoms with Gasteiger partial charge < -0.3 is 9.47 Å². The maximum Gasteiger partial charge on any atom is 0.241 e. The number of nitrogens with zero attached hydrogens (tertiary/aromatic N) is 4. The SMILES string of the molecule is COCc1cc(-c2cn(C)nc2OCc2ccc(-c3nc4ccc(F)cc4cc3C)cc2)ccn1. The lowest BCUT2D eigenvalue weighted by molar-refractivity contribution is 0.181. The Morgan fingerprint density at radius 1 is 0.943 bits per heavy atom. The molecule has 0 aliphatic carbocycles. The Labute approximate surface area is 203 Å². The molecule has 5 rings (SSSR count). The van der Waals surface area contributed by atoms with Gasteiger partial charge in [0.2, 0.25) is 5.88 Å². The van der Waals surface area contributed by atoms with E-state index < -0.39 is 0 Å². The molecule has 0 aliphatic heterocycles. The van der Waals surface area contributed by atoms with Crippen molar-refractivity contribution in [2.45, 2.75) is 20.1 Å². The zero-order valence-corrected chi connectivity index (χ0v) is 19.8. The van der Waals surface area contributed by atoms with Crippen LogP contribution in [0.25, 0.3) is 33.3 Å². The fraction of sp³-hybridized carbons (Fsp3) is 0.179. The Kier molecular flexibility index (Phi) is 6.25. The van der Waals surface area contributed by atoms with Crippen molar-refractivity contribution < 1.29 is 13.9 Å². The Morgan fingerprint density at radius 3 is 2.57 bits per heavy atom. The van der Waals surface area contributed by atoms with Gasteiger partial charge in [0.1, 0.15) is 12.4 Å². The molecule has 0 saturated heterocycles. The van der Waals surface area contributed by atoms with Gasteiger partial charge >= 0.3 is 0 Å².